The molecule has 0 aliphatic carbocycles. The number of anilines is 1. The van der Waals surface area contributed by atoms with Gasteiger partial charge in [-0.3, -0.25) is 9.69 Å². The van der Waals surface area contributed by atoms with Gasteiger partial charge in [-0.2, -0.15) is 0 Å². The Bertz CT molecular complexity index is 505. The zero-order chi connectivity index (χ0) is 16.2. The molecule has 22 heavy (non-hydrogen) atoms. The third-order valence-electron chi connectivity index (χ3n) is 3.36. The molecule has 0 radical (unpaired) electrons. The monoisotopic (exact) mass is 317 g/mol. The first-order valence-electron chi connectivity index (χ1n) is 6.94. The van der Waals surface area contributed by atoms with Crippen LogP contribution in [0.1, 0.15) is 6.92 Å². The molecule has 122 valence electrons. The average Bonchev–Trinajstić information content (AvgIpc) is 2.42. The molecule has 2 rings (SSSR count). The van der Waals surface area contributed by atoms with Gasteiger partial charge in [0.15, 0.2) is 0 Å². The predicted molar refractivity (Wildman–Crippen MR) is 75.7 cm³/mol. The van der Waals surface area contributed by atoms with Crippen LogP contribution in [0.25, 0.3) is 0 Å². The van der Waals surface area contributed by atoms with Gasteiger partial charge >= 0.3 is 6.36 Å². The fraction of sp³-hybridized carbons (Fsp3) is 0.500. The molecule has 1 aliphatic rings. The van der Waals surface area contributed by atoms with Gasteiger partial charge in [0.1, 0.15) is 5.75 Å². The van der Waals surface area contributed by atoms with Gasteiger partial charge in [0.2, 0.25) is 5.91 Å². The molecule has 1 aromatic carbocycles. The van der Waals surface area contributed by atoms with Crippen molar-refractivity contribution in [1.29, 1.82) is 0 Å². The van der Waals surface area contributed by atoms with Crippen molar-refractivity contribution in [3.63, 3.8) is 0 Å². The number of rotatable bonds is 4. The smallest absolute Gasteiger partial charge is 0.406 e. The molecule has 0 unspecified atom stereocenters. The second-order valence-corrected chi connectivity index (χ2v) is 5.14. The highest BCUT2D eigenvalue weighted by molar-refractivity contribution is 5.92. The van der Waals surface area contributed by atoms with Crippen LogP contribution in [0, 0.1) is 0 Å². The molecule has 0 aromatic heterocycles. The van der Waals surface area contributed by atoms with E-state index in [1.165, 1.54) is 12.1 Å². The fourth-order valence-corrected chi connectivity index (χ4v) is 2.24. The summed E-state index contributed by atoms with van der Waals surface area (Å²) in [4.78, 5) is 14.0. The van der Waals surface area contributed by atoms with E-state index in [4.69, 9.17) is 0 Å². The van der Waals surface area contributed by atoms with Crippen LogP contribution in [0.15, 0.2) is 24.3 Å². The topological polar surface area (TPSA) is 53.6 Å². The molecule has 1 heterocycles. The maximum Gasteiger partial charge on any atom is 0.573 e. The molecule has 5 nitrogen and oxygen atoms in total. The van der Waals surface area contributed by atoms with Gasteiger partial charge in [0.25, 0.3) is 0 Å². The molecular weight excluding hydrogens is 299 g/mol. The lowest BCUT2D eigenvalue weighted by molar-refractivity contribution is -0.274. The highest BCUT2D eigenvalue weighted by atomic mass is 19.4. The van der Waals surface area contributed by atoms with E-state index in [0.29, 0.717) is 5.69 Å². The summed E-state index contributed by atoms with van der Waals surface area (Å²) < 4.78 is 39.9. The van der Waals surface area contributed by atoms with Gasteiger partial charge < -0.3 is 15.4 Å². The number of hydrogen-bond acceptors (Lipinski definition) is 4. The Balaban J connectivity index is 1.86. The van der Waals surface area contributed by atoms with Crippen molar-refractivity contribution in [2.24, 2.45) is 0 Å². The normalized spacial score (nSPS) is 19.7. The quantitative estimate of drug-likeness (QED) is 0.889. The van der Waals surface area contributed by atoms with E-state index in [1.54, 1.807) is 0 Å². The predicted octanol–water partition coefficient (Wildman–Crippen LogP) is 1.82. The minimum absolute atomic E-state index is 0.196. The van der Waals surface area contributed by atoms with E-state index in [9.17, 15) is 18.0 Å². The molecule has 1 aliphatic heterocycles. The SMILES string of the molecule is C[C@@H]1CNCCN1CC(=O)Nc1ccc(OC(F)(F)F)cc1. The van der Waals surface area contributed by atoms with Crippen LogP contribution in [0.4, 0.5) is 18.9 Å². The number of benzene rings is 1. The van der Waals surface area contributed by atoms with E-state index < -0.39 is 6.36 Å². The summed E-state index contributed by atoms with van der Waals surface area (Å²) in [6, 6.07) is 5.34. The van der Waals surface area contributed by atoms with E-state index >= 15 is 0 Å². The van der Waals surface area contributed by atoms with Crippen molar-refractivity contribution in [3.8, 4) is 5.75 Å². The molecule has 1 saturated heterocycles. The van der Waals surface area contributed by atoms with Gasteiger partial charge in [-0.05, 0) is 31.2 Å². The lowest BCUT2D eigenvalue weighted by atomic mass is 10.2. The van der Waals surface area contributed by atoms with Gasteiger partial charge in [-0.25, -0.2) is 0 Å². The molecule has 1 amide bonds. The summed E-state index contributed by atoms with van der Waals surface area (Å²) in [5.41, 5.74) is 0.433. The zero-order valence-corrected chi connectivity index (χ0v) is 12.1. The highest BCUT2D eigenvalue weighted by Crippen LogP contribution is 2.23. The van der Waals surface area contributed by atoms with Crippen molar-refractivity contribution in [2.45, 2.75) is 19.3 Å². The number of alkyl halides is 3. The number of ether oxygens (including phenoxy) is 1. The van der Waals surface area contributed by atoms with Gasteiger partial charge in [0.05, 0.1) is 6.54 Å². The number of carbonyl (C=O) groups is 1. The lowest BCUT2D eigenvalue weighted by Gasteiger charge is -2.33. The third-order valence-corrected chi connectivity index (χ3v) is 3.36. The van der Waals surface area contributed by atoms with Crippen LogP contribution in [0.5, 0.6) is 5.75 Å². The van der Waals surface area contributed by atoms with E-state index in [1.807, 2.05) is 11.8 Å². The molecule has 1 fully saturated rings. The highest BCUT2D eigenvalue weighted by Gasteiger charge is 2.31. The van der Waals surface area contributed by atoms with Gasteiger partial charge in [-0.1, -0.05) is 0 Å². The van der Waals surface area contributed by atoms with Crippen LogP contribution in [-0.4, -0.2) is 49.4 Å². The minimum Gasteiger partial charge on any atom is -0.406 e. The number of nitrogens with zero attached hydrogens (tertiary/aromatic N) is 1. The second-order valence-electron chi connectivity index (χ2n) is 5.14. The third kappa shape index (κ3) is 5.19. The molecule has 0 spiro atoms. The molecule has 1 atom stereocenters. The number of piperazine rings is 1. The zero-order valence-electron chi connectivity index (χ0n) is 12.1. The number of halogens is 3. The first-order chi connectivity index (χ1) is 10.3. The molecule has 8 heteroatoms. The van der Waals surface area contributed by atoms with Crippen LogP contribution >= 0.6 is 0 Å². The summed E-state index contributed by atoms with van der Waals surface area (Å²) in [5.74, 6) is -0.514. The average molecular weight is 317 g/mol. The Morgan fingerprint density at radius 3 is 2.68 bits per heavy atom. The summed E-state index contributed by atoms with van der Waals surface area (Å²) in [7, 11) is 0. The van der Waals surface area contributed by atoms with Crippen LogP contribution in [-0.2, 0) is 4.79 Å². The van der Waals surface area contributed by atoms with Crippen molar-refractivity contribution in [2.75, 3.05) is 31.5 Å². The number of nitrogens with one attached hydrogen (secondary N) is 2. The van der Waals surface area contributed by atoms with Crippen LogP contribution < -0.4 is 15.4 Å². The second kappa shape index (κ2) is 6.97. The number of carbonyl (C=O) groups excluding carboxylic acids is 1. The first-order valence-corrected chi connectivity index (χ1v) is 6.94. The van der Waals surface area contributed by atoms with Gasteiger partial charge in [0, 0.05) is 31.4 Å². The minimum atomic E-state index is -4.72. The molecule has 1 aromatic rings. The van der Waals surface area contributed by atoms with Crippen molar-refractivity contribution < 1.29 is 22.7 Å². The van der Waals surface area contributed by atoms with E-state index in [-0.39, 0.29) is 24.2 Å². The summed E-state index contributed by atoms with van der Waals surface area (Å²) >= 11 is 0. The Kier molecular flexibility index (Phi) is 5.25. The van der Waals surface area contributed by atoms with E-state index in [2.05, 4.69) is 15.4 Å². The Morgan fingerprint density at radius 1 is 1.41 bits per heavy atom. The maximum absolute atomic E-state index is 12.0. The summed E-state index contributed by atoms with van der Waals surface area (Å²) in [5, 5.41) is 5.90. The van der Waals surface area contributed by atoms with Gasteiger partial charge in [-0.15, -0.1) is 13.2 Å². The first kappa shape index (κ1) is 16.6. The maximum atomic E-state index is 12.0. The molecule has 0 saturated carbocycles. The van der Waals surface area contributed by atoms with Crippen molar-refractivity contribution in [3.05, 3.63) is 24.3 Å². The number of amides is 1. The largest absolute Gasteiger partial charge is 0.573 e. The molecular formula is C14H18F3N3O2. The summed E-state index contributed by atoms with van der Waals surface area (Å²) in [6.07, 6.45) is -4.72. The molecule has 2 N–H and O–H groups in total. The molecule has 0 bridgehead atoms. The Labute approximate surface area is 126 Å². The fourth-order valence-electron chi connectivity index (χ4n) is 2.24. The Morgan fingerprint density at radius 2 is 2.09 bits per heavy atom. The van der Waals surface area contributed by atoms with Crippen molar-refractivity contribution >= 4 is 11.6 Å². The summed E-state index contributed by atoms with van der Waals surface area (Å²) in [6.45, 7) is 4.73. The van der Waals surface area contributed by atoms with Crippen LogP contribution in [0.2, 0.25) is 0 Å². The number of hydrogen-bond donors (Lipinski definition) is 2. The van der Waals surface area contributed by atoms with Crippen LogP contribution in [0.3, 0.4) is 0 Å². The standard InChI is InChI=1S/C14H18F3N3O2/c1-10-8-18-6-7-20(10)9-13(21)19-11-2-4-12(5-3-11)22-14(15,16)17/h2-5,10,18H,6-9H2,1H3,(H,19,21)/t10-/m1/s1. The lowest BCUT2D eigenvalue weighted by Crippen LogP contribution is -2.51. The van der Waals surface area contributed by atoms with E-state index in [0.717, 1.165) is 31.8 Å². The Hall–Kier alpha value is -1.80. The van der Waals surface area contributed by atoms with Crippen molar-refractivity contribution in [1.82, 2.24) is 10.2 Å².